The summed E-state index contributed by atoms with van der Waals surface area (Å²) in [6.07, 6.45) is 0. The third-order valence-electron chi connectivity index (χ3n) is 3.03. The predicted molar refractivity (Wildman–Crippen MR) is 82.3 cm³/mol. The molecule has 0 unspecified atom stereocenters. The summed E-state index contributed by atoms with van der Waals surface area (Å²) in [5.41, 5.74) is 1.31. The molecule has 19 heavy (non-hydrogen) atoms. The van der Waals surface area contributed by atoms with Crippen LogP contribution in [-0.4, -0.2) is 0 Å². The largest absolute Gasteiger partial charge is 0.488 e. The molecule has 0 spiro atoms. The van der Waals surface area contributed by atoms with Crippen LogP contribution < -0.4 is 4.74 Å². The number of thiophene rings is 1. The molecule has 3 heteroatoms. The summed E-state index contributed by atoms with van der Waals surface area (Å²) in [6, 6.07) is 16.1. The Morgan fingerprint density at radius 1 is 1.11 bits per heavy atom. The van der Waals surface area contributed by atoms with E-state index in [1.165, 1.54) is 20.5 Å². The van der Waals surface area contributed by atoms with Crippen molar-refractivity contribution in [3.8, 4) is 5.75 Å². The molecule has 3 rings (SSSR count). The number of halogens is 1. The van der Waals surface area contributed by atoms with Gasteiger partial charge in [0.2, 0.25) is 0 Å². The van der Waals surface area contributed by atoms with Gasteiger partial charge >= 0.3 is 0 Å². The van der Waals surface area contributed by atoms with E-state index in [-0.39, 0.29) is 0 Å². The molecular formula is C16H13ClOS. The fraction of sp³-hybridized carbons (Fsp3) is 0.125. The topological polar surface area (TPSA) is 9.23 Å². The van der Waals surface area contributed by atoms with Crippen molar-refractivity contribution in [2.24, 2.45) is 0 Å². The minimum absolute atomic E-state index is 0.598. The highest BCUT2D eigenvalue weighted by molar-refractivity contribution is 7.19. The minimum atomic E-state index is 0.598. The van der Waals surface area contributed by atoms with Gasteiger partial charge in [-0.15, -0.1) is 11.3 Å². The average molecular weight is 289 g/mol. The van der Waals surface area contributed by atoms with Crippen LogP contribution in [0.25, 0.3) is 10.1 Å². The third-order valence-corrected chi connectivity index (χ3v) is 4.35. The Morgan fingerprint density at radius 3 is 2.63 bits per heavy atom. The maximum Gasteiger partial charge on any atom is 0.122 e. The Hall–Kier alpha value is -1.51. The van der Waals surface area contributed by atoms with Crippen LogP contribution in [0.5, 0.6) is 5.75 Å². The molecule has 1 nitrogen and oxygen atoms in total. The lowest BCUT2D eigenvalue weighted by molar-refractivity contribution is 0.310. The van der Waals surface area contributed by atoms with Crippen LogP contribution in [0.1, 0.15) is 10.4 Å². The molecular weight excluding hydrogens is 276 g/mol. The van der Waals surface area contributed by atoms with Crippen molar-refractivity contribution < 1.29 is 4.74 Å². The van der Waals surface area contributed by atoms with Crippen molar-refractivity contribution in [3.05, 3.63) is 64.0 Å². The first-order valence-electron chi connectivity index (χ1n) is 6.09. The highest BCUT2D eigenvalue weighted by Gasteiger charge is 2.04. The normalized spacial score (nSPS) is 10.8. The first-order valence-corrected chi connectivity index (χ1v) is 7.28. The number of rotatable bonds is 3. The molecule has 0 radical (unpaired) electrons. The SMILES string of the molecule is Cc1cccc2sc(COc3ccc(Cl)cc3)cc12. The molecule has 0 atom stereocenters. The summed E-state index contributed by atoms with van der Waals surface area (Å²) in [6.45, 7) is 2.74. The number of benzene rings is 2. The molecule has 0 N–H and O–H groups in total. The van der Waals surface area contributed by atoms with E-state index in [9.17, 15) is 0 Å². The number of aryl methyl sites for hydroxylation is 1. The van der Waals surface area contributed by atoms with Gasteiger partial charge in [-0.2, -0.15) is 0 Å². The van der Waals surface area contributed by atoms with E-state index in [1.807, 2.05) is 24.3 Å². The lowest BCUT2D eigenvalue weighted by atomic mass is 10.1. The van der Waals surface area contributed by atoms with E-state index in [1.54, 1.807) is 11.3 Å². The van der Waals surface area contributed by atoms with Crippen LogP contribution in [0.3, 0.4) is 0 Å². The van der Waals surface area contributed by atoms with Crippen molar-refractivity contribution >= 4 is 33.0 Å². The van der Waals surface area contributed by atoms with Crippen molar-refractivity contribution in [2.45, 2.75) is 13.5 Å². The molecule has 0 amide bonds. The van der Waals surface area contributed by atoms with E-state index in [2.05, 4.69) is 31.2 Å². The molecule has 0 bridgehead atoms. The summed E-state index contributed by atoms with van der Waals surface area (Å²) in [4.78, 5) is 1.24. The molecule has 3 aromatic rings. The van der Waals surface area contributed by atoms with E-state index < -0.39 is 0 Å². The molecule has 1 heterocycles. The summed E-state index contributed by atoms with van der Waals surface area (Å²) in [5, 5.41) is 2.05. The van der Waals surface area contributed by atoms with Crippen molar-refractivity contribution in [1.82, 2.24) is 0 Å². The molecule has 0 aliphatic heterocycles. The molecule has 2 aromatic carbocycles. The van der Waals surface area contributed by atoms with Gasteiger partial charge in [0.05, 0.1) is 0 Å². The predicted octanol–water partition coefficient (Wildman–Crippen LogP) is 5.44. The van der Waals surface area contributed by atoms with Gasteiger partial charge in [0.15, 0.2) is 0 Å². The van der Waals surface area contributed by atoms with E-state index in [4.69, 9.17) is 16.3 Å². The van der Waals surface area contributed by atoms with Gasteiger partial charge in [-0.05, 0) is 54.3 Å². The number of fused-ring (bicyclic) bond motifs is 1. The quantitative estimate of drug-likeness (QED) is 0.623. The van der Waals surface area contributed by atoms with Crippen LogP contribution in [0, 0.1) is 6.92 Å². The standard InChI is InChI=1S/C16H13ClOS/c1-11-3-2-4-16-15(11)9-14(19-16)10-18-13-7-5-12(17)6-8-13/h2-9H,10H2,1H3. The van der Waals surface area contributed by atoms with Gasteiger partial charge in [-0.1, -0.05) is 23.7 Å². The first-order chi connectivity index (χ1) is 9.22. The highest BCUT2D eigenvalue weighted by atomic mass is 35.5. The zero-order chi connectivity index (χ0) is 13.2. The molecule has 0 fully saturated rings. The van der Waals surface area contributed by atoms with Crippen LogP contribution in [0.2, 0.25) is 5.02 Å². The van der Waals surface area contributed by atoms with Crippen LogP contribution >= 0.6 is 22.9 Å². The first kappa shape index (κ1) is 12.5. The van der Waals surface area contributed by atoms with Gasteiger partial charge < -0.3 is 4.74 Å². The van der Waals surface area contributed by atoms with Crippen LogP contribution in [0.4, 0.5) is 0 Å². The Bertz CT molecular complexity index is 700. The van der Waals surface area contributed by atoms with E-state index >= 15 is 0 Å². The fourth-order valence-electron chi connectivity index (χ4n) is 2.02. The highest BCUT2D eigenvalue weighted by Crippen LogP contribution is 2.29. The van der Waals surface area contributed by atoms with E-state index in [0.29, 0.717) is 6.61 Å². The second kappa shape index (κ2) is 5.24. The number of hydrogen-bond acceptors (Lipinski definition) is 2. The Morgan fingerprint density at radius 2 is 1.89 bits per heavy atom. The fourth-order valence-corrected chi connectivity index (χ4v) is 3.20. The smallest absolute Gasteiger partial charge is 0.122 e. The summed E-state index contributed by atoms with van der Waals surface area (Å²) in [5.74, 6) is 0.846. The zero-order valence-electron chi connectivity index (χ0n) is 10.5. The monoisotopic (exact) mass is 288 g/mol. The Labute approximate surface area is 121 Å². The molecule has 0 saturated carbocycles. The van der Waals surface area contributed by atoms with Gasteiger partial charge in [-0.25, -0.2) is 0 Å². The summed E-state index contributed by atoms with van der Waals surface area (Å²) < 4.78 is 7.08. The summed E-state index contributed by atoms with van der Waals surface area (Å²) in [7, 11) is 0. The average Bonchev–Trinajstić information content (AvgIpc) is 2.83. The maximum absolute atomic E-state index is 5.85. The van der Waals surface area contributed by atoms with Crippen molar-refractivity contribution in [3.63, 3.8) is 0 Å². The molecule has 0 aliphatic carbocycles. The van der Waals surface area contributed by atoms with Crippen LogP contribution in [-0.2, 0) is 6.61 Å². The van der Waals surface area contributed by atoms with Gasteiger partial charge in [0, 0.05) is 14.6 Å². The van der Waals surface area contributed by atoms with Gasteiger partial charge in [0.25, 0.3) is 0 Å². The minimum Gasteiger partial charge on any atom is -0.488 e. The maximum atomic E-state index is 5.85. The van der Waals surface area contributed by atoms with Gasteiger partial charge in [-0.3, -0.25) is 0 Å². The Balaban J connectivity index is 1.78. The van der Waals surface area contributed by atoms with Crippen LogP contribution in [0.15, 0.2) is 48.5 Å². The molecule has 1 aromatic heterocycles. The van der Waals surface area contributed by atoms with E-state index in [0.717, 1.165) is 10.8 Å². The second-order valence-electron chi connectivity index (χ2n) is 4.44. The van der Waals surface area contributed by atoms with Crippen molar-refractivity contribution in [1.29, 1.82) is 0 Å². The molecule has 0 aliphatic rings. The third kappa shape index (κ3) is 2.75. The summed E-state index contributed by atoms with van der Waals surface area (Å²) >= 11 is 7.63. The zero-order valence-corrected chi connectivity index (χ0v) is 12.1. The van der Waals surface area contributed by atoms with Crippen molar-refractivity contribution in [2.75, 3.05) is 0 Å². The Kier molecular flexibility index (Phi) is 3.45. The second-order valence-corrected chi connectivity index (χ2v) is 6.05. The number of ether oxygens (including phenoxy) is 1. The number of hydrogen-bond donors (Lipinski definition) is 0. The van der Waals surface area contributed by atoms with Gasteiger partial charge in [0.1, 0.15) is 12.4 Å². The molecule has 0 saturated heterocycles. The lowest BCUT2D eigenvalue weighted by Gasteiger charge is -2.03. The molecule has 96 valence electrons. The lowest BCUT2D eigenvalue weighted by Crippen LogP contribution is -1.91.